The van der Waals surface area contributed by atoms with Crippen LogP contribution in [0.2, 0.25) is 0 Å². The number of anilines is 1. The van der Waals surface area contributed by atoms with Crippen LogP contribution >= 0.6 is 0 Å². The first kappa shape index (κ1) is 11.5. The number of aromatic nitrogens is 2. The van der Waals surface area contributed by atoms with E-state index in [-0.39, 0.29) is 0 Å². The molecule has 0 spiro atoms. The van der Waals surface area contributed by atoms with Gasteiger partial charge in [-0.3, -0.25) is 4.57 Å². The second-order valence-corrected chi connectivity index (χ2v) is 4.61. The summed E-state index contributed by atoms with van der Waals surface area (Å²) < 4.78 is 2.06. The second-order valence-electron chi connectivity index (χ2n) is 4.61. The van der Waals surface area contributed by atoms with Crippen molar-refractivity contribution in [3.8, 4) is 16.9 Å². The summed E-state index contributed by atoms with van der Waals surface area (Å²) >= 11 is 0. The third-order valence-corrected chi connectivity index (χ3v) is 3.12. The smallest absolute Gasteiger partial charge is 0.0997 e. The van der Waals surface area contributed by atoms with E-state index in [0.717, 1.165) is 22.6 Å². The highest BCUT2D eigenvalue weighted by Gasteiger charge is 2.06. The molecule has 0 aliphatic carbocycles. The number of imidazole rings is 1. The van der Waals surface area contributed by atoms with E-state index in [2.05, 4.69) is 40.7 Å². The molecular weight excluding hydrogens is 234 g/mol. The van der Waals surface area contributed by atoms with E-state index in [9.17, 15) is 0 Å². The van der Waals surface area contributed by atoms with Crippen molar-refractivity contribution in [2.24, 2.45) is 0 Å². The quantitative estimate of drug-likeness (QED) is 0.707. The summed E-state index contributed by atoms with van der Waals surface area (Å²) in [5, 5.41) is 0. The monoisotopic (exact) mass is 249 g/mol. The van der Waals surface area contributed by atoms with Crippen LogP contribution in [0, 0.1) is 6.92 Å². The molecule has 3 nitrogen and oxygen atoms in total. The minimum Gasteiger partial charge on any atom is -0.399 e. The lowest BCUT2D eigenvalue weighted by molar-refractivity contribution is 1.06. The standard InChI is InChI=1S/C16H15N3/c1-12-3-2-4-13(9-12)16-10-18-11-19(16)15-7-5-14(17)6-8-15/h2-11H,17H2,1H3. The molecule has 3 aromatic rings. The van der Waals surface area contributed by atoms with Gasteiger partial charge in [-0.2, -0.15) is 0 Å². The van der Waals surface area contributed by atoms with Gasteiger partial charge in [0.1, 0.15) is 0 Å². The molecule has 0 bridgehead atoms. The summed E-state index contributed by atoms with van der Waals surface area (Å²) in [5.41, 5.74) is 11.0. The first-order valence-corrected chi connectivity index (χ1v) is 6.19. The maximum atomic E-state index is 5.72. The fraction of sp³-hybridized carbons (Fsp3) is 0.0625. The normalized spacial score (nSPS) is 10.6. The van der Waals surface area contributed by atoms with Gasteiger partial charge in [0.2, 0.25) is 0 Å². The molecule has 0 saturated carbocycles. The van der Waals surface area contributed by atoms with Gasteiger partial charge >= 0.3 is 0 Å². The van der Waals surface area contributed by atoms with Crippen molar-refractivity contribution in [2.45, 2.75) is 6.92 Å². The molecule has 0 atom stereocenters. The minimum absolute atomic E-state index is 0.765. The van der Waals surface area contributed by atoms with E-state index in [1.807, 2.05) is 36.8 Å². The van der Waals surface area contributed by atoms with Crippen LogP contribution < -0.4 is 5.73 Å². The summed E-state index contributed by atoms with van der Waals surface area (Å²) in [6.07, 6.45) is 3.70. The topological polar surface area (TPSA) is 43.8 Å². The van der Waals surface area contributed by atoms with Crippen LogP contribution in [0.3, 0.4) is 0 Å². The van der Waals surface area contributed by atoms with Crippen molar-refractivity contribution in [1.29, 1.82) is 0 Å². The van der Waals surface area contributed by atoms with Crippen LogP contribution in [-0.4, -0.2) is 9.55 Å². The molecule has 0 fully saturated rings. The third-order valence-electron chi connectivity index (χ3n) is 3.12. The first-order valence-electron chi connectivity index (χ1n) is 6.19. The number of hydrogen-bond donors (Lipinski definition) is 1. The van der Waals surface area contributed by atoms with Crippen molar-refractivity contribution < 1.29 is 0 Å². The van der Waals surface area contributed by atoms with Gasteiger partial charge < -0.3 is 5.73 Å². The van der Waals surface area contributed by atoms with Gasteiger partial charge in [0, 0.05) is 16.9 Å². The molecule has 19 heavy (non-hydrogen) atoms. The molecule has 3 rings (SSSR count). The van der Waals surface area contributed by atoms with Crippen molar-refractivity contribution in [3.05, 3.63) is 66.6 Å². The molecule has 0 aliphatic heterocycles. The molecule has 0 radical (unpaired) electrons. The van der Waals surface area contributed by atoms with E-state index in [0.29, 0.717) is 0 Å². The van der Waals surface area contributed by atoms with Gasteiger partial charge in [0.15, 0.2) is 0 Å². The number of nitrogens with zero attached hydrogens (tertiary/aromatic N) is 2. The zero-order chi connectivity index (χ0) is 13.2. The average molecular weight is 249 g/mol. The summed E-state index contributed by atoms with van der Waals surface area (Å²) in [7, 11) is 0. The minimum atomic E-state index is 0.765. The van der Waals surface area contributed by atoms with E-state index in [1.54, 1.807) is 0 Å². The SMILES string of the molecule is Cc1cccc(-c2cncn2-c2ccc(N)cc2)c1. The lowest BCUT2D eigenvalue weighted by atomic mass is 10.1. The van der Waals surface area contributed by atoms with E-state index in [4.69, 9.17) is 5.73 Å². The largest absolute Gasteiger partial charge is 0.399 e. The Morgan fingerprint density at radius 2 is 1.84 bits per heavy atom. The Balaban J connectivity index is 2.10. The van der Waals surface area contributed by atoms with E-state index >= 15 is 0 Å². The fourth-order valence-electron chi connectivity index (χ4n) is 2.15. The van der Waals surface area contributed by atoms with Crippen LogP contribution in [-0.2, 0) is 0 Å². The van der Waals surface area contributed by atoms with Gasteiger partial charge in [-0.25, -0.2) is 4.98 Å². The van der Waals surface area contributed by atoms with Crippen LogP contribution in [0.5, 0.6) is 0 Å². The lowest BCUT2D eigenvalue weighted by Crippen LogP contribution is -1.95. The molecule has 0 saturated heterocycles. The highest BCUT2D eigenvalue weighted by molar-refractivity contribution is 5.63. The predicted molar refractivity (Wildman–Crippen MR) is 78.1 cm³/mol. The lowest BCUT2D eigenvalue weighted by Gasteiger charge is -2.09. The maximum Gasteiger partial charge on any atom is 0.0997 e. The van der Waals surface area contributed by atoms with Gasteiger partial charge in [-0.05, 0) is 37.3 Å². The Bertz CT molecular complexity index is 696. The molecule has 0 aliphatic rings. The van der Waals surface area contributed by atoms with Crippen molar-refractivity contribution >= 4 is 5.69 Å². The number of nitrogens with two attached hydrogens (primary N) is 1. The molecule has 1 aromatic heterocycles. The Labute approximate surface area is 112 Å². The molecule has 1 heterocycles. The summed E-state index contributed by atoms with van der Waals surface area (Å²) in [6, 6.07) is 16.2. The van der Waals surface area contributed by atoms with Crippen LogP contribution in [0.15, 0.2) is 61.1 Å². The highest BCUT2D eigenvalue weighted by atomic mass is 15.0. The first-order chi connectivity index (χ1) is 9.24. The molecule has 2 aromatic carbocycles. The molecule has 3 heteroatoms. The van der Waals surface area contributed by atoms with Crippen LogP contribution in [0.1, 0.15) is 5.56 Å². The zero-order valence-electron chi connectivity index (χ0n) is 10.7. The molecule has 0 amide bonds. The maximum absolute atomic E-state index is 5.72. The Morgan fingerprint density at radius 3 is 2.58 bits per heavy atom. The van der Waals surface area contributed by atoms with Crippen LogP contribution in [0.4, 0.5) is 5.69 Å². The Morgan fingerprint density at radius 1 is 1.05 bits per heavy atom. The van der Waals surface area contributed by atoms with Gasteiger partial charge in [0.05, 0.1) is 18.2 Å². The van der Waals surface area contributed by atoms with Crippen LogP contribution in [0.25, 0.3) is 16.9 Å². The predicted octanol–water partition coefficient (Wildman–Crippen LogP) is 3.43. The zero-order valence-corrected chi connectivity index (χ0v) is 10.7. The summed E-state index contributed by atoms with van der Waals surface area (Å²) in [5.74, 6) is 0. The average Bonchev–Trinajstić information content (AvgIpc) is 2.89. The Kier molecular flexibility index (Phi) is 2.80. The van der Waals surface area contributed by atoms with Crippen molar-refractivity contribution in [2.75, 3.05) is 5.73 Å². The summed E-state index contributed by atoms with van der Waals surface area (Å²) in [4.78, 5) is 4.26. The Hall–Kier alpha value is -2.55. The third kappa shape index (κ3) is 2.22. The van der Waals surface area contributed by atoms with Crippen molar-refractivity contribution in [3.63, 3.8) is 0 Å². The summed E-state index contributed by atoms with van der Waals surface area (Å²) in [6.45, 7) is 2.09. The molecule has 94 valence electrons. The second kappa shape index (κ2) is 4.61. The van der Waals surface area contributed by atoms with E-state index < -0.39 is 0 Å². The van der Waals surface area contributed by atoms with Crippen molar-refractivity contribution in [1.82, 2.24) is 9.55 Å². The fourth-order valence-corrected chi connectivity index (χ4v) is 2.15. The molecular formula is C16H15N3. The molecule has 2 N–H and O–H groups in total. The number of benzene rings is 2. The number of hydrogen-bond acceptors (Lipinski definition) is 2. The number of aryl methyl sites for hydroxylation is 1. The highest BCUT2D eigenvalue weighted by Crippen LogP contribution is 2.23. The number of nitrogen functional groups attached to an aromatic ring is 1. The van der Waals surface area contributed by atoms with Gasteiger partial charge in [0.25, 0.3) is 0 Å². The number of rotatable bonds is 2. The van der Waals surface area contributed by atoms with Gasteiger partial charge in [-0.15, -0.1) is 0 Å². The molecule has 0 unspecified atom stereocenters. The van der Waals surface area contributed by atoms with E-state index in [1.165, 1.54) is 5.56 Å². The van der Waals surface area contributed by atoms with Gasteiger partial charge in [-0.1, -0.05) is 23.8 Å².